The molecule has 1 atom stereocenters. The molecule has 0 N–H and O–H groups in total. The Kier molecular flexibility index (Phi) is 6.57. The van der Waals surface area contributed by atoms with Crippen LogP contribution in [0.2, 0.25) is 0 Å². The lowest BCUT2D eigenvalue weighted by Gasteiger charge is -2.16. The van der Waals surface area contributed by atoms with Crippen LogP contribution in [0, 0.1) is 0 Å². The van der Waals surface area contributed by atoms with Crippen LogP contribution in [0.1, 0.15) is 46.8 Å². The van der Waals surface area contributed by atoms with Gasteiger partial charge in [0, 0.05) is 6.42 Å². The van der Waals surface area contributed by atoms with Crippen LogP contribution in [0.4, 0.5) is 13.2 Å². The Labute approximate surface area is 150 Å². The van der Waals surface area contributed by atoms with Crippen LogP contribution in [0.25, 0.3) is 6.08 Å². The van der Waals surface area contributed by atoms with Gasteiger partial charge in [0.1, 0.15) is 24.4 Å². The summed E-state index contributed by atoms with van der Waals surface area (Å²) in [4.78, 5) is 12.7. The van der Waals surface area contributed by atoms with E-state index in [0.717, 1.165) is 24.0 Å². The third-order valence-corrected chi connectivity index (χ3v) is 4.23. The molecule has 7 heteroatoms. The van der Waals surface area contributed by atoms with E-state index in [4.69, 9.17) is 9.47 Å². The van der Waals surface area contributed by atoms with Gasteiger partial charge in [-0.2, -0.15) is 13.2 Å². The molecule has 138 valence electrons. The van der Waals surface area contributed by atoms with Crippen LogP contribution in [-0.4, -0.2) is 30.6 Å². The van der Waals surface area contributed by atoms with E-state index in [9.17, 15) is 18.0 Å². The fourth-order valence-corrected chi connectivity index (χ4v) is 3.13. The van der Waals surface area contributed by atoms with Gasteiger partial charge < -0.3 is 9.47 Å². The molecule has 3 nitrogen and oxygen atoms in total. The molecule has 0 fully saturated rings. The number of hydrogen-bond acceptors (Lipinski definition) is 4. The zero-order valence-electron chi connectivity index (χ0n) is 14.0. The molecule has 1 aliphatic rings. The van der Waals surface area contributed by atoms with E-state index in [0.29, 0.717) is 23.3 Å². The molecule has 0 amide bonds. The second-order valence-corrected chi connectivity index (χ2v) is 6.13. The monoisotopic (exact) mass is 374 g/mol. The van der Waals surface area contributed by atoms with E-state index in [1.54, 1.807) is 6.08 Å². The van der Waals surface area contributed by atoms with Crippen LogP contribution >= 0.6 is 12.6 Å². The molecule has 1 aromatic rings. The number of rotatable bonds is 8. The number of ether oxygens (including phenoxy) is 2. The maximum absolute atomic E-state index is 12.7. The topological polar surface area (TPSA) is 35.5 Å². The standard InChI is InChI=1S/C18H21F3O3S/c1-3-5-6-12-7-11(4-2)13-8-14(23-9-18(19,20)21)16(22)15(13)17(12)24-10-25/h4,7,14,25H,2-3,5-6,8-10H2,1H3. The number of unbranched alkanes of at least 4 members (excludes halogenated alkanes) is 1. The first-order chi connectivity index (χ1) is 11.8. The van der Waals surface area contributed by atoms with Crippen molar-refractivity contribution in [1.29, 1.82) is 0 Å². The molecule has 0 radical (unpaired) electrons. The summed E-state index contributed by atoms with van der Waals surface area (Å²) < 4.78 is 47.7. The number of fused-ring (bicyclic) bond motifs is 1. The molecule has 0 heterocycles. The van der Waals surface area contributed by atoms with Crippen molar-refractivity contribution < 1.29 is 27.4 Å². The van der Waals surface area contributed by atoms with Crippen LogP contribution in [0.5, 0.6) is 5.75 Å². The van der Waals surface area contributed by atoms with E-state index >= 15 is 0 Å². The number of aryl methyl sites for hydroxylation is 1. The first kappa shape index (κ1) is 19.8. The number of halogens is 3. The van der Waals surface area contributed by atoms with E-state index in [1.807, 2.05) is 13.0 Å². The van der Waals surface area contributed by atoms with Crippen molar-refractivity contribution in [3.8, 4) is 5.75 Å². The zero-order chi connectivity index (χ0) is 18.6. The summed E-state index contributed by atoms with van der Waals surface area (Å²) in [6, 6.07) is 1.89. The molecule has 0 bridgehead atoms. The predicted molar refractivity (Wildman–Crippen MR) is 93.5 cm³/mol. The van der Waals surface area contributed by atoms with Gasteiger partial charge in [-0.05, 0) is 35.6 Å². The molecule has 0 aliphatic heterocycles. The quantitative estimate of drug-likeness (QED) is 0.533. The van der Waals surface area contributed by atoms with Crippen molar-refractivity contribution in [3.05, 3.63) is 34.9 Å². The van der Waals surface area contributed by atoms with E-state index < -0.39 is 24.7 Å². The van der Waals surface area contributed by atoms with Gasteiger partial charge in [-0.25, -0.2) is 0 Å². The molecule has 1 aliphatic carbocycles. The van der Waals surface area contributed by atoms with Crippen LogP contribution in [0.15, 0.2) is 12.6 Å². The van der Waals surface area contributed by atoms with Gasteiger partial charge in [0.25, 0.3) is 0 Å². The Bertz CT molecular complexity index is 656. The predicted octanol–water partition coefficient (Wildman–Crippen LogP) is 4.62. The maximum Gasteiger partial charge on any atom is 0.411 e. The first-order valence-corrected chi connectivity index (χ1v) is 8.73. The average Bonchev–Trinajstić information content (AvgIpc) is 2.88. The van der Waals surface area contributed by atoms with Gasteiger partial charge in [-0.1, -0.05) is 26.0 Å². The molecule has 1 aromatic carbocycles. The summed E-state index contributed by atoms with van der Waals surface area (Å²) in [5.41, 5.74) is 2.52. The summed E-state index contributed by atoms with van der Waals surface area (Å²) in [6.45, 7) is 4.35. The summed E-state index contributed by atoms with van der Waals surface area (Å²) >= 11 is 4.06. The molecular formula is C18H21F3O3S. The number of thiol groups is 1. The van der Waals surface area contributed by atoms with E-state index in [1.165, 1.54) is 0 Å². The Morgan fingerprint density at radius 2 is 2.16 bits per heavy atom. The van der Waals surface area contributed by atoms with Crippen molar-refractivity contribution in [2.24, 2.45) is 0 Å². The minimum absolute atomic E-state index is 0.0698. The van der Waals surface area contributed by atoms with Crippen molar-refractivity contribution in [2.75, 3.05) is 12.5 Å². The van der Waals surface area contributed by atoms with Gasteiger partial charge in [-0.3, -0.25) is 4.79 Å². The number of benzene rings is 1. The molecular weight excluding hydrogens is 353 g/mol. The van der Waals surface area contributed by atoms with Gasteiger partial charge in [0.05, 0.1) is 5.56 Å². The number of carbonyl (C=O) groups excluding carboxylic acids is 1. The normalized spacial score (nSPS) is 16.8. The summed E-state index contributed by atoms with van der Waals surface area (Å²) in [7, 11) is 0. The number of hydrogen-bond donors (Lipinski definition) is 1. The molecule has 0 saturated heterocycles. The van der Waals surface area contributed by atoms with Crippen LogP contribution in [-0.2, 0) is 17.6 Å². The highest BCUT2D eigenvalue weighted by molar-refractivity contribution is 7.80. The Morgan fingerprint density at radius 1 is 1.44 bits per heavy atom. The summed E-state index contributed by atoms with van der Waals surface area (Å²) in [5.74, 6) is 0.00465. The number of ketones is 1. The molecule has 0 aromatic heterocycles. The Hall–Kier alpha value is -1.47. The van der Waals surface area contributed by atoms with Gasteiger partial charge >= 0.3 is 6.18 Å². The fourth-order valence-electron chi connectivity index (χ4n) is 3.00. The zero-order valence-corrected chi connectivity index (χ0v) is 14.9. The minimum Gasteiger partial charge on any atom is -0.482 e. The third kappa shape index (κ3) is 4.58. The number of alkyl halides is 3. The summed E-state index contributed by atoms with van der Waals surface area (Å²) in [5, 5.41) is 0. The smallest absolute Gasteiger partial charge is 0.411 e. The SMILES string of the molecule is C=Cc1cc(CCCC)c(OCS)c2c1CC(OCC(F)(F)F)C2=O. The molecule has 25 heavy (non-hydrogen) atoms. The lowest BCUT2D eigenvalue weighted by molar-refractivity contribution is -0.179. The number of carbonyl (C=O) groups is 1. The largest absolute Gasteiger partial charge is 0.482 e. The van der Waals surface area contributed by atoms with E-state index in [2.05, 4.69) is 19.2 Å². The lowest BCUT2D eigenvalue weighted by Crippen LogP contribution is -2.27. The van der Waals surface area contributed by atoms with Gasteiger partial charge in [-0.15, -0.1) is 12.6 Å². The molecule has 1 unspecified atom stereocenters. The molecule has 2 rings (SSSR count). The van der Waals surface area contributed by atoms with Crippen molar-refractivity contribution in [3.63, 3.8) is 0 Å². The fraction of sp³-hybridized carbons (Fsp3) is 0.500. The van der Waals surface area contributed by atoms with Gasteiger partial charge in [0.15, 0.2) is 5.78 Å². The first-order valence-electron chi connectivity index (χ1n) is 8.09. The Morgan fingerprint density at radius 3 is 2.72 bits per heavy atom. The lowest BCUT2D eigenvalue weighted by atomic mass is 9.95. The number of Topliss-reactive ketones (excluding diaryl/α,β-unsaturated/α-hetero) is 1. The van der Waals surface area contributed by atoms with Crippen LogP contribution < -0.4 is 4.74 Å². The van der Waals surface area contributed by atoms with Crippen molar-refractivity contribution in [1.82, 2.24) is 0 Å². The van der Waals surface area contributed by atoms with E-state index in [-0.39, 0.29) is 12.4 Å². The molecule has 0 spiro atoms. The highest BCUT2D eigenvalue weighted by Crippen LogP contribution is 2.39. The minimum atomic E-state index is -4.48. The summed E-state index contributed by atoms with van der Waals surface area (Å²) in [6.07, 6.45) is -1.37. The highest BCUT2D eigenvalue weighted by Gasteiger charge is 2.39. The van der Waals surface area contributed by atoms with Crippen molar-refractivity contribution in [2.45, 2.75) is 44.9 Å². The average molecular weight is 374 g/mol. The Balaban J connectivity index is 2.42. The van der Waals surface area contributed by atoms with Gasteiger partial charge in [0.2, 0.25) is 0 Å². The maximum atomic E-state index is 12.7. The third-order valence-electron chi connectivity index (χ3n) is 4.10. The van der Waals surface area contributed by atoms with Crippen LogP contribution in [0.3, 0.4) is 0 Å². The highest BCUT2D eigenvalue weighted by atomic mass is 32.1. The second-order valence-electron chi connectivity index (χ2n) is 5.87. The second kappa shape index (κ2) is 8.27. The van der Waals surface area contributed by atoms with Crippen molar-refractivity contribution >= 4 is 24.5 Å². The molecule has 0 saturated carbocycles.